The SMILES string of the molecule is COc1cc(C)c(COC(=O)c2ccc(N)c([N+](=O)[O-])c2)cc1OC. The average molecular weight is 346 g/mol. The molecular weight excluding hydrogens is 328 g/mol. The molecule has 132 valence electrons. The molecule has 0 unspecified atom stereocenters. The molecule has 2 aromatic rings. The highest BCUT2D eigenvalue weighted by molar-refractivity contribution is 5.91. The van der Waals surface area contributed by atoms with Crippen LogP contribution in [0, 0.1) is 17.0 Å². The number of nitrogens with zero attached hydrogens (tertiary/aromatic N) is 1. The number of anilines is 1. The van der Waals surface area contributed by atoms with Gasteiger partial charge in [-0.05, 0) is 42.3 Å². The van der Waals surface area contributed by atoms with E-state index < -0.39 is 10.9 Å². The maximum absolute atomic E-state index is 12.2. The zero-order valence-corrected chi connectivity index (χ0v) is 14.1. The topological polar surface area (TPSA) is 114 Å². The van der Waals surface area contributed by atoms with E-state index in [2.05, 4.69) is 0 Å². The first kappa shape index (κ1) is 18.1. The van der Waals surface area contributed by atoms with Crippen molar-refractivity contribution in [3.8, 4) is 11.5 Å². The monoisotopic (exact) mass is 346 g/mol. The molecule has 0 aliphatic heterocycles. The Bertz CT molecular complexity index is 819. The van der Waals surface area contributed by atoms with E-state index in [1.807, 2.05) is 6.92 Å². The van der Waals surface area contributed by atoms with Crippen molar-refractivity contribution >= 4 is 17.3 Å². The number of nitro benzene ring substituents is 1. The van der Waals surface area contributed by atoms with Crippen LogP contribution in [-0.2, 0) is 11.3 Å². The Morgan fingerprint density at radius 1 is 1.16 bits per heavy atom. The molecule has 0 saturated heterocycles. The van der Waals surface area contributed by atoms with Crippen LogP contribution in [0.15, 0.2) is 30.3 Å². The third-order valence-corrected chi connectivity index (χ3v) is 3.66. The number of nitro groups is 1. The average Bonchev–Trinajstić information content (AvgIpc) is 2.60. The number of rotatable bonds is 6. The standard InChI is InChI=1S/C17H18N2O6/c1-10-6-15(23-2)16(24-3)8-12(10)9-25-17(20)11-4-5-13(18)14(7-11)19(21)22/h4-8H,9,18H2,1-3H3. The van der Waals surface area contributed by atoms with Gasteiger partial charge < -0.3 is 19.9 Å². The number of nitrogens with two attached hydrogens (primary N) is 1. The molecule has 0 bridgehead atoms. The van der Waals surface area contributed by atoms with Gasteiger partial charge in [0.2, 0.25) is 0 Å². The molecule has 8 heteroatoms. The molecule has 0 heterocycles. The van der Waals surface area contributed by atoms with Gasteiger partial charge in [-0.3, -0.25) is 10.1 Å². The van der Waals surface area contributed by atoms with Crippen LogP contribution in [0.2, 0.25) is 0 Å². The number of esters is 1. The van der Waals surface area contributed by atoms with Crippen LogP contribution in [0.5, 0.6) is 11.5 Å². The highest BCUT2D eigenvalue weighted by Gasteiger charge is 2.17. The summed E-state index contributed by atoms with van der Waals surface area (Å²) < 4.78 is 15.7. The van der Waals surface area contributed by atoms with E-state index in [1.54, 1.807) is 12.1 Å². The third kappa shape index (κ3) is 3.97. The van der Waals surface area contributed by atoms with Crippen molar-refractivity contribution in [2.24, 2.45) is 0 Å². The van der Waals surface area contributed by atoms with E-state index >= 15 is 0 Å². The van der Waals surface area contributed by atoms with Gasteiger partial charge in [0.25, 0.3) is 5.69 Å². The number of carbonyl (C=O) groups excluding carboxylic acids is 1. The Balaban J connectivity index is 2.18. The van der Waals surface area contributed by atoms with E-state index in [0.29, 0.717) is 11.5 Å². The minimum Gasteiger partial charge on any atom is -0.493 e. The number of ether oxygens (including phenoxy) is 3. The third-order valence-electron chi connectivity index (χ3n) is 3.66. The number of carbonyl (C=O) groups is 1. The number of hydrogen-bond donors (Lipinski definition) is 1. The van der Waals surface area contributed by atoms with Crippen molar-refractivity contribution in [1.29, 1.82) is 0 Å². The highest BCUT2D eigenvalue weighted by atomic mass is 16.6. The predicted octanol–water partition coefficient (Wildman–Crippen LogP) is 2.86. The number of aryl methyl sites for hydroxylation is 1. The molecule has 0 radical (unpaired) electrons. The molecule has 0 aromatic heterocycles. The van der Waals surface area contributed by atoms with Crippen LogP contribution in [0.25, 0.3) is 0 Å². The zero-order chi connectivity index (χ0) is 18.6. The number of benzene rings is 2. The van der Waals surface area contributed by atoms with Crippen molar-refractivity contribution in [1.82, 2.24) is 0 Å². The molecule has 2 N–H and O–H groups in total. The summed E-state index contributed by atoms with van der Waals surface area (Å²) in [4.78, 5) is 22.4. The smallest absolute Gasteiger partial charge is 0.338 e. The first-order chi connectivity index (χ1) is 11.9. The van der Waals surface area contributed by atoms with Crippen LogP contribution < -0.4 is 15.2 Å². The highest BCUT2D eigenvalue weighted by Crippen LogP contribution is 2.30. The summed E-state index contributed by atoms with van der Waals surface area (Å²) in [6, 6.07) is 7.27. The maximum atomic E-state index is 12.2. The summed E-state index contributed by atoms with van der Waals surface area (Å²) in [5.74, 6) is 0.406. The molecule has 8 nitrogen and oxygen atoms in total. The predicted molar refractivity (Wildman–Crippen MR) is 90.9 cm³/mol. The van der Waals surface area contributed by atoms with Crippen molar-refractivity contribution < 1.29 is 23.9 Å². The van der Waals surface area contributed by atoms with Gasteiger partial charge in [0.1, 0.15) is 12.3 Å². The first-order valence-corrected chi connectivity index (χ1v) is 7.30. The Labute approximate surface area is 144 Å². The second-order valence-corrected chi connectivity index (χ2v) is 5.24. The summed E-state index contributed by atoms with van der Waals surface area (Å²) in [6.45, 7) is 1.84. The van der Waals surface area contributed by atoms with E-state index in [-0.39, 0.29) is 23.5 Å². The lowest BCUT2D eigenvalue weighted by atomic mass is 10.1. The normalized spacial score (nSPS) is 10.2. The minimum absolute atomic E-state index is 0.0107. The second kappa shape index (κ2) is 7.52. The first-order valence-electron chi connectivity index (χ1n) is 7.30. The van der Waals surface area contributed by atoms with Crippen LogP contribution in [0.4, 0.5) is 11.4 Å². The molecule has 0 aliphatic carbocycles. The summed E-state index contributed by atoms with van der Waals surface area (Å²) in [5, 5.41) is 10.9. The van der Waals surface area contributed by atoms with Crippen molar-refractivity contribution in [3.63, 3.8) is 0 Å². The van der Waals surface area contributed by atoms with E-state index in [1.165, 1.54) is 26.4 Å². The van der Waals surface area contributed by atoms with Crippen LogP contribution in [0.3, 0.4) is 0 Å². The largest absolute Gasteiger partial charge is 0.493 e. The second-order valence-electron chi connectivity index (χ2n) is 5.24. The Kier molecular flexibility index (Phi) is 5.43. The fraction of sp³-hybridized carbons (Fsp3) is 0.235. The Hall–Kier alpha value is -3.29. The fourth-order valence-electron chi connectivity index (χ4n) is 2.23. The quantitative estimate of drug-likeness (QED) is 0.370. The van der Waals surface area contributed by atoms with Gasteiger partial charge >= 0.3 is 5.97 Å². The lowest BCUT2D eigenvalue weighted by Gasteiger charge is -2.13. The van der Waals surface area contributed by atoms with E-state index in [9.17, 15) is 14.9 Å². The molecule has 0 atom stereocenters. The zero-order valence-electron chi connectivity index (χ0n) is 14.1. The molecule has 2 aromatic carbocycles. The van der Waals surface area contributed by atoms with Crippen LogP contribution >= 0.6 is 0 Å². The fourth-order valence-corrected chi connectivity index (χ4v) is 2.23. The molecule has 0 aliphatic rings. The van der Waals surface area contributed by atoms with Crippen molar-refractivity contribution in [2.45, 2.75) is 13.5 Å². The summed E-state index contributed by atoms with van der Waals surface area (Å²) in [6.07, 6.45) is 0. The van der Waals surface area contributed by atoms with Gasteiger partial charge in [-0.25, -0.2) is 4.79 Å². The lowest BCUT2D eigenvalue weighted by molar-refractivity contribution is -0.383. The van der Waals surface area contributed by atoms with Gasteiger partial charge in [-0.15, -0.1) is 0 Å². The molecule has 25 heavy (non-hydrogen) atoms. The molecular formula is C17H18N2O6. The summed E-state index contributed by atoms with van der Waals surface area (Å²) >= 11 is 0. The number of methoxy groups -OCH3 is 2. The van der Waals surface area contributed by atoms with Crippen molar-refractivity contribution in [2.75, 3.05) is 20.0 Å². The van der Waals surface area contributed by atoms with Crippen molar-refractivity contribution in [3.05, 3.63) is 57.1 Å². The minimum atomic E-state index is -0.683. The van der Waals surface area contributed by atoms with Gasteiger partial charge in [0, 0.05) is 6.07 Å². The number of nitrogen functional groups attached to an aromatic ring is 1. The summed E-state index contributed by atoms with van der Waals surface area (Å²) in [7, 11) is 3.04. The van der Waals surface area contributed by atoms with Gasteiger partial charge in [-0.2, -0.15) is 0 Å². The molecule has 0 saturated carbocycles. The molecule has 0 amide bonds. The Morgan fingerprint density at radius 2 is 1.80 bits per heavy atom. The van der Waals surface area contributed by atoms with Crippen LogP contribution in [0.1, 0.15) is 21.5 Å². The molecule has 0 spiro atoms. The van der Waals surface area contributed by atoms with Gasteiger partial charge in [0.05, 0.1) is 24.7 Å². The Morgan fingerprint density at radius 3 is 2.40 bits per heavy atom. The maximum Gasteiger partial charge on any atom is 0.338 e. The van der Waals surface area contributed by atoms with Gasteiger partial charge in [0.15, 0.2) is 11.5 Å². The summed E-state index contributed by atoms with van der Waals surface area (Å²) in [5.41, 5.74) is 6.80. The van der Waals surface area contributed by atoms with Gasteiger partial charge in [-0.1, -0.05) is 0 Å². The van der Waals surface area contributed by atoms with E-state index in [0.717, 1.165) is 17.2 Å². The van der Waals surface area contributed by atoms with E-state index in [4.69, 9.17) is 19.9 Å². The molecule has 0 fully saturated rings. The molecule has 2 rings (SSSR count). The number of hydrogen-bond acceptors (Lipinski definition) is 7. The lowest BCUT2D eigenvalue weighted by Crippen LogP contribution is -2.08. The van der Waals surface area contributed by atoms with Crippen LogP contribution in [-0.4, -0.2) is 25.1 Å².